The van der Waals surface area contributed by atoms with Gasteiger partial charge in [0.15, 0.2) is 5.11 Å². The van der Waals surface area contributed by atoms with Crippen molar-refractivity contribution in [1.29, 1.82) is 0 Å². The third kappa shape index (κ3) is 4.67. The first kappa shape index (κ1) is 13.5. The molecule has 0 aliphatic heterocycles. The fraction of sp³-hybridized carbons (Fsp3) is 0.200. The topological polar surface area (TPSA) is 37.0 Å². The van der Waals surface area contributed by atoms with Gasteiger partial charge in [0, 0.05) is 30.5 Å². The second-order valence-corrected chi connectivity index (χ2v) is 4.73. The molecule has 0 saturated heterocycles. The maximum absolute atomic E-state index is 5.24. The van der Waals surface area contributed by atoms with Crippen molar-refractivity contribution in [2.24, 2.45) is 0 Å². The molecule has 3 nitrogen and oxygen atoms in total. The van der Waals surface area contributed by atoms with Gasteiger partial charge in [0.25, 0.3) is 0 Å². The van der Waals surface area contributed by atoms with Gasteiger partial charge < -0.3 is 10.6 Å². The van der Waals surface area contributed by atoms with Crippen LogP contribution in [0, 0.1) is 6.92 Å². The van der Waals surface area contributed by atoms with Crippen LogP contribution in [0.25, 0.3) is 0 Å². The Morgan fingerprint density at radius 2 is 1.95 bits per heavy atom. The molecule has 0 radical (unpaired) electrons. The molecule has 0 amide bonds. The first-order chi connectivity index (χ1) is 9.24. The summed E-state index contributed by atoms with van der Waals surface area (Å²) in [6, 6.07) is 14.1. The second-order valence-electron chi connectivity index (χ2n) is 4.32. The SMILES string of the molecule is Cc1ccc(NC(=S)NCCc2ccccn2)cc1. The molecule has 0 saturated carbocycles. The van der Waals surface area contributed by atoms with E-state index < -0.39 is 0 Å². The van der Waals surface area contributed by atoms with E-state index in [2.05, 4.69) is 34.7 Å². The summed E-state index contributed by atoms with van der Waals surface area (Å²) in [5.74, 6) is 0. The van der Waals surface area contributed by atoms with E-state index in [0.717, 1.165) is 24.3 Å². The summed E-state index contributed by atoms with van der Waals surface area (Å²) in [6.07, 6.45) is 2.66. The van der Waals surface area contributed by atoms with Gasteiger partial charge in [-0.2, -0.15) is 0 Å². The van der Waals surface area contributed by atoms with Gasteiger partial charge in [-0.1, -0.05) is 23.8 Å². The Balaban J connectivity index is 1.74. The lowest BCUT2D eigenvalue weighted by Gasteiger charge is -2.10. The smallest absolute Gasteiger partial charge is 0.170 e. The minimum Gasteiger partial charge on any atom is -0.362 e. The minimum atomic E-state index is 0.639. The van der Waals surface area contributed by atoms with E-state index in [0.29, 0.717) is 5.11 Å². The summed E-state index contributed by atoms with van der Waals surface area (Å²) in [6.45, 7) is 2.84. The van der Waals surface area contributed by atoms with E-state index in [1.165, 1.54) is 5.56 Å². The Kier molecular flexibility index (Phi) is 4.86. The molecule has 0 atom stereocenters. The van der Waals surface area contributed by atoms with Gasteiger partial charge in [-0.25, -0.2) is 0 Å². The largest absolute Gasteiger partial charge is 0.362 e. The molecule has 4 heteroatoms. The third-order valence-corrected chi connectivity index (χ3v) is 2.95. The van der Waals surface area contributed by atoms with Crippen LogP contribution in [0.2, 0.25) is 0 Å². The Morgan fingerprint density at radius 3 is 2.63 bits per heavy atom. The average molecular weight is 271 g/mol. The predicted octanol–water partition coefficient (Wildman–Crippen LogP) is 2.92. The number of nitrogens with zero attached hydrogens (tertiary/aromatic N) is 1. The highest BCUT2D eigenvalue weighted by Gasteiger charge is 1.98. The van der Waals surface area contributed by atoms with Crippen LogP contribution in [0.4, 0.5) is 5.69 Å². The van der Waals surface area contributed by atoms with Crippen molar-refractivity contribution in [2.75, 3.05) is 11.9 Å². The van der Waals surface area contributed by atoms with Crippen LogP contribution in [0.3, 0.4) is 0 Å². The van der Waals surface area contributed by atoms with Gasteiger partial charge in [0.1, 0.15) is 0 Å². The number of anilines is 1. The van der Waals surface area contributed by atoms with Crippen molar-refractivity contribution < 1.29 is 0 Å². The van der Waals surface area contributed by atoms with Gasteiger partial charge in [-0.05, 0) is 43.4 Å². The first-order valence-electron chi connectivity index (χ1n) is 6.25. The van der Waals surface area contributed by atoms with Crippen molar-refractivity contribution in [3.8, 4) is 0 Å². The van der Waals surface area contributed by atoms with Gasteiger partial charge in [0.2, 0.25) is 0 Å². The van der Waals surface area contributed by atoms with Crippen LogP contribution in [0.1, 0.15) is 11.3 Å². The van der Waals surface area contributed by atoms with E-state index in [1.807, 2.05) is 30.3 Å². The summed E-state index contributed by atoms with van der Waals surface area (Å²) in [4.78, 5) is 4.27. The molecule has 0 unspecified atom stereocenters. The zero-order valence-corrected chi connectivity index (χ0v) is 11.7. The molecule has 1 aromatic heterocycles. The Morgan fingerprint density at radius 1 is 1.16 bits per heavy atom. The first-order valence-corrected chi connectivity index (χ1v) is 6.66. The number of hydrogen-bond acceptors (Lipinski definition) is 2. The number of thiocarbonyl (C=S) groups is 1. The van der Waals surface area contributed by atoms with Crippen LogP contribution in [0.15, 0.2) is 48.7 Å². The van der Waals surface area contributed by atoms with Crippen molar-refractivity contribution in [3.63, 3.8) is 0 Å². The van der Waals surface area contributed by atoms with E-state index in [4.69, 9.17) is 12.2 Å². The molecule has 0 bridgehead atoms. The van der Waals surface area contributed by atoms with E-state index >= 15 is 0 Å². The molecule has 0 aliphatic carbocycles. The maximum Gasteiger partial charge on any atom is 0.170 e. The minimum absolute atomic E-state index is 0.639. The van der Waals surface area contributed by atoms with Crippen LogP contribution in [-0.4, -0.2) is 16.6 Å². The third-order valence-electron chi connectivity index (χ3n) is 2.70. The lowest BCUT2D eigenvalue weighted by molar-refractivity contribution is 0.847. The van der Waals surface area contributed by atoms with Gasteiger partial charge in [-0.3, -0.25) is 4.98 Å². The van der Waals surface area contributed by atoms with Crippen LogP contribution >= 0.6 is 12.2 Å². The molecule has 0 aliphatic rings. The Bertz CT molecular complexity index is 523. The summed E-state index contributed by atoms with van der Waals surface area (Å²) in [5.41, 5.74) is 3.30. The Labute approximate surface area is 119 Å². The molecular weight excluding hydrogens is 254 g/mol. The average Bonchev–Trinajstić information content (AvgIpc) is 2.43. The fourth-order valence-electron chi connectivity index (χ4n) is 1.66. The Hall–Kier alpha value is -1.94. The van der Waals surface area contributed by atoms with Crippen LogP contribution in [-0.2, 0) is 6.42 Å². The molecule has 0 spiro atoms. The monoisotopic (exact) mass is 271 g/mol. The molecule has 0 fully saturated rings. The quantitative estimate of drug-likeness (QED) is 0.838. The predicted molar refractivity (Wildman–Crippen MR) is 83.3 cm³/mol. The number of aryl methyl sites for hydroxylation is 1. The van der Waals surface area contributed by atoms with Gasteiger partial charge in [-0.15, -0.1) is 0 Å². The summed E-state index contributed by atoms with van der Waals surface area (Å²) >= 11 is 5.24. The molecular formula is C15H17N3S. The number of hydrogen-bond donors (Lipinski definition) is 2. The highest BCUT2D eigenvalue weighted by atomic mass is 32.1. The van der Waals surface area contributed by atoms with Crippen molar-refractivity contribution in [1.82, 2.24) is 10.3 Å². The molecule has 2 N–H and O–H groups in total. The molecule has 98 valence electrons. The summed E-state index contributed by atoms with van der Waals surface area (Å²) in [5, 5.41) is 6.97. The maximum atomic E-state index is 5.24. The highest BCUT2D eigenvalue weighted by Crippen LogP contribution is 2.08. The molecule has 1 aromatic carbocycles. The standard InChI is InChI=1S/C15H17N3S/c1-12-5-7-14(8-6-12)18-15(19)17-11-9-13-4-2-3-10-16-13/h2-8,10H,9,11H2,1H3,(H2,17,18,19). The normalized spacial score (nSPS) is 9.95. The lowest BCUT2D eigenvalue weighted by atomic mass is 10.2. The van der Waals surface area contributed by atoms with E-state index in [-0.39, 0.29) is 0 Å². The van der Waals surface area contributed by atoms with Gasteiger partial charge in [0.05, 0.1) is 0 Å². The zero-order chi connectivity index (χ0) is 13.5. The van der Waals surface area contributed by atoms with Crippen LogP contribution < -0.4 is 10.6 Å². The molecule has 1 heterocycles. The summed E-state index contributed by atoms with van der Waals surface area (Å²) < 4.78 is 0. The number of benzene rings is 1. The number of rotatable bonds is 4. The van der Waals surface area contributed by atoms with Crippen LogP contribution in [0.5, 0.6) is 0 Å². The lowest BCUT2D eigenvalue weighted by Crippen LogP contribution is -2.30. The van der Waals surface area contributed by atoms with E-state index in [9.17, 15) is 0 Å². The van der Waals surface area contributed by atoms with E-state index in [1.54, 1.807) is 6.20 Å². The highest BCUT2D eigenvalue weighted by molar-refractivity contribution is 7.80. The van der Waals surface area contributed by atoms with Crippen molar-refractivity contribution >= 4 is 23.0 Å². The fourth-order valence-corrected chi connectivity index (χ4v) is 1.88. The van der Waals surface area contributed by atoms with Crippen molar-refractivity contribution in [3.05, 3.63) is 59.9 Å². The molecule has 2 rings (SSSR count). The van der Waals surface area contributed by atoms with Crippen molar-refractivity contribution in [2.45, 2.75) is 13.3 Å². The molecule has 19 heavy (non-hydrogen) atoms. The number of pyridine rings is 1. The number of aromatic nitrogens is 1. The number of nitrogens with one attached hydrogen (secondary N) is 2. The van der Waals surface area contributed by atoms with Gasteiger partial charge >= 0.3 is 0 Å². The zero-order valence-electron chi connectivity index (χ0n) is 10.9. The second kappa shape index (κ2) is 6.85. The summed E-state index contributed by atoms with van der Waals surface area (Å²) in [7, 11) is 0. The molecule has 2 aromatic rings.